The van der Waals surface area contributed by atoms with Gasteiger partial charge in [-0.05, 0) is 54.9 Å². The molecule has 0 aliphatic carbocycles. The highest BCUT2D eigenvalue weighted by molar-refractivity contribution is 8.18. The van der Waals surface area contributed by atoms with Crippen LogP contribution >= 0.6 is 11.8 Å². The molecule has 0 radical (unpaired) electrons. The smallest absolute Gasteiger partial charge is 0.335 e. The summed E-state index contributed by atoms with van der Waals surface area (Å²) in [4.78, 5) is 37.9. The van der Waals surface area contributed by atoms with Gasteiger partial charge < -0.3 is 14.6 Å². The largest absolute Gasteiger partial charge is 0.493 e. The zero-order valence-corrected chi connectivity index (χ0v) is 18.3. The van der Waals surface area contributed by atoms with Gasteiger partial charge in [0, 0.05) is 11.6 Å². The van der Waals surface area contributed by atoms with Crippen molar-refractivity contribution in [1.82, 2.24) is 4.90 Å². The van der Waals surface area contributed by atoms with Crippen molar-refractivity contribution in [2.45, 2.75) is 32.9 Å². The molecule has 1 N–H and O–H groups in total. The monoisotopic (exact) mass is 441 g/mol. The number of carbonyl (C=O) groups excluding carboxylic acids is 2. The third-order valence-corrected chi connectivity index (χ3v) is 5.81. The number of rotatable bonds is 8. The standard InChI is InChI=1S/C23H23NO6S/c1-4-14(2)24-21(25)19(31-23(24)28)12-16-8-6-10-18(29-3)20(16)30-13-15-7-5-9-17(11-15)22(26)27/h5-12,14H,4,13H2,1-3H3,(H,26,27)/b19-12+/t14-/m1/s1. The fraction of sp³-hybridized carbons (Fsp3) is 0.261. The Morgan fingerprint density at radius 3 is 2.65 bits per heavy atom. The Hall–Kier alpha value is -3.26. The van der Waals surface area contributed by atoms with Gasteiger partial charge in [0.15, 0.2) is 11.5 Å². The quantitative estimate of drug-likeness (QED) is 0.588. The lowest BCUT2D eigenvalue weighted by atomic mass is 10.1. The van der Waals surface area contributed by atoms with Crippen LogP contribution in [-0.4, -0.2) is 40.3 Å². The topological polar surface area (TPSA) is 93.1 Å². The first-order valence-electron chi connectivity index (χ1n) is 9.74. The van der Waals surface area contributed by atoms with Crippen molar-refractivity contribution in [3.8, 4) is 11.5 Å². The number of thioether (sulfide) groups is 1. The van der Waals surface area contributed by atoms with Crippen LogP contribution in [0.15, 0.2) is 47.4 Å². The van der Waals surface area contributed by atoms with Crippen LogP contribution in [0.1, 0.15) is 41.8 Å². The molecule has 2 aromatic rings. The maximum Gasteiger partial charge on any atom is 0.335 e. The number of amides is 2. The maximum absolute atomic E-state index is 12.8. The number of methoxy groups -OCH3 is 1. The number of nitrogens with zero attached hydrogens (tertiary/aromatic N) is 1. The van der Waals surface area contributed by atoms with Crippen molar-refractivity contribution in [2.75, 3.05) is 7.11 Å². The number of aromatic carboxylic acids is 1. The van der Waals surface area contributed by atoms with Crippen molar-refractivity contribution in [2.24, 2.45) is 0 Å². The molecule has 0 bridgehead atoms. The Morgan fingerprint density at radius 1 is 1.23 bits per heavy atom. The van der Waals surface area contributed by atoms with Crippen molar-refractivity contribution >= 4 is 35.0 Å². The molecular weight excluding hydrogens is 418 g/mol. The molecule has 31 heavy (non-hydrogen) atoms. The fourth-order valence-corrected chi connectivity index (χ4v) is 4.02. The van der Waals surface area contributed by atoms with Gasteiger partial charge in [-0.2, -0.15) is 0 Å². The van der Waals surface area contributed by atoms with E-state index in [2.05, 4.69) is 0 Å². The first-order valence-corrected chi connectivity index (χ1v) is 10.6. The highest BCUT2D eigenvalue weighted by atomic mass is 32.2. The zero-order valence-electron chi connectivity index (χ0n) is 17.5. The van der Waals surface area contributed by atoms with Gasteiger partial charge in [-0.1, -0.05) is 31.2 Å². The van der Waals surface area contributed by atoms with E-state index in [9.17, 15) is 19.5 Å². The second-order valence-corrected chi connectivity index (χ2v) is 7.98. The molecule has 0 saturated carbocycles. The first kappa shape index (κ1) is 22.4. The minimum absolute atomic E-state index is 0.108. The molecule has 1 aliphatic rings. The molecule has 0 unspecified atom stereocenters. The summed E-state index contributed by atoms with van der Waals surface area (Å²) in [5, 5.41) is 8.88. The molecule has 162 valence electrons. The molecule has 1 atom stereocenters. The van der Waals surface area contributed by atoms with Crippen molar-refractivity contribution < 1.29 is 29.0 Å². The summed E-state index contributed by atoms with van der Waals surface area (Å²) in [5.74, 6) is -0.477. The second-order valence-electron chi connectivity index (χ2n) is 6.98. The van der Waals surface area contributed by atoms with E-state index in [1.54, 1.807) is 36.4 Å². The van der Waals surface area contributed by atoms with Crippen LogP contribution in [0.3, 0.4) is 0 Å². The van der Waals surface area contributed by atoms with Gasteiger partial charge in [0.25, 0.3) is 11.1 Å². The molecule has 1 aliphatic heterocycles. The van der Waals surface area contributed by atoms with Crippen LogP contribution < -0.4 is 9.47 Å². The summed E-state index contributed by atoms with van der Waals surface area (Å²) in [6.07, 6.45) is 2.30. The van der Waals surface area contributed by atoms with Crippen LogP contribution in [0, 0.1) is 0 Å². The third kappa shape index (κ3) is 4.91. The van der Waals surface area contributed by atoms with E-state index in [1.165, 1.54) is 24.1 Å². The maximum atomic E-state index is 12.8. The van der Waals surface area contributed by atoms with Crippen LogP contribution in [-0.2, 0) is 11.4 Å². The van der Waals surface area contributed by atoms with E-state index in [-0.39, 0.29) is 29.4 Å². The van der Waals surface area contributed by atoms with E-state index in [1.807, 2.05) is 13.8 Å². The molecule has 0 spiro atoms. The summed E-state index contributed by atoms with van der Waals surface area (Å²) >= 11 is 0.899. The molecular formula is C23H23NO6S. The summed E-state index contributed by atoms with van der Waals surface area (Å²) in [5.41, 5.74) is 1.43. The number of hydrogen-bond acceptors (Lipinski definition) is 6. The zero-order chi connectivity index (χ0) is 22.5. The van der Waals surface area contributed by atoms with E-state index in [4.69, 9.17) is 9.47 Å². The number of benzene rings is 2. The Balaban J connectivity index is 1.90. The van der Waals surface area contributed by atoms with Crippen LogP contribution in [0.5, 0.6) is 11.5 Å². The third-order valence-electron chi connectivity index (χ3n) is 4.93. The van der Waals surface area contributed by atoms with Crippen LogP contribution in [0.25, 0.3) is 6.08 Å². The molecule has 2 aromatic carbocycles. The number of carboxylic acid groups (broad SMARTS) is 1. The average Bonchev–Trinajstić information content (AvgIpc) is 3.05. The summed E-state index contributed by atoms with van der Waals surface area (Å²) in [6.45, 7) is 3.87. The number of ether oxygens (including phenoxy) is 2. The average molecular weight is 442 g/mol. The minimum atomic E-state index is -1.02. The SMILES string of the molecule is CC[C@@H](C)N1C(=O)S/C(=C/c2cccc(OC)c2OCc2cccc(C(=O)O)c2)C1=O. The molecule has 8 heteroatoms. The lowest BCUT2D eigenvalue weighted by Crippen LogP contribution is -2.36. The molecule has 3 rings (SSSR count). The molecule has 1 saturated heterocycles. The first-order chi connectivity index (χ1) is 14.8. The summed E-state index contributed by atoms with van der Waals surface area (Å²) < 4.78 is 11.4. The summed E-state index contributed by atoms with van der Waals surface area (Å²) in [6, 6.07) is 11.5. The van der Waals surface area contributed by atoms with Gasteiger partial charge in [-0.3, -0.25) is 14.5 Å². The van der Waals surface area contributed by atoms with Gasteiger partial charge in [-0.15, -0.1) is 0 Å². The van der Waals surface area contributed by atoms with Crippen LogP contribution in [0.2, 0.25) is 0 Å². The predicted molar refractivity (Wildman–Crippen MR) is 118 cm³/mol. The molecule has 0 aromatic heterocycles. The van der Waals surface area contributed by atoms with Crippen molar-refractivity contribution in [3.05, 3.63) is 64.1 Å². The number of para-hydroxylation sites is 1. The number of hydrogen-bond donors (Lipinski definition) is 1. The molecule has 1 fully saturated rings. The second kappa shape index (κ2) is 9.70. The van der Waals surface area contributed by atoms with E-state index < -0.39 is 5.97 Å². The Bertz CT molecular complexity index is 1050. The Morgan fingerprint density at radius 2 is 1.97 bits per heavy atom. The number of carbonyl (C=O) groups is 3. The van der Waals surface area contributed by atoms with Gasteiger partial charge in [-0.25, -0.2) is 4.79 Å². The minimum Gasteiger partial charge on any atom is -0.493 e. The lowest BCUT2D eigenvalue weighted by molar-refractivity contribution is -0.124. The molecule has 7 nitrogen and oxygen atoms in total. The molecule has 1 heterocycles. The normalized spacial score (nSPS) is 16.0. The van der Waals surface area contributed by atoms with E-state index in [0.717, 1.165) is 11.8 Å². The van der Waals surface area contributed by atoms with Gasteiger partial charge in [0.05, 0.1) is 17.6 Å². The van der Waals surface area contributed by atoms with Gasteiger partial charge >= 0.3 is 5.97 Å². The van der Waals surface area contributed by atoms with Crippen molar-refractivity contribution in [3.63, 3.8) is 0 Å². The van der Waals surface area contributed by atoms with Crippen LogP contribution in [0.4, 0.5) is 4.79 Å². The molecule has 2 amide bonds. The number of imide groups is 1. The van der Waals surface area contributed by atoms with E-state index in [0.29, 0.717) is 34.0 Å². The Labute approximate surface area is 184 Å². The summed E-state index contributed by atoms with van der Waals surface area (Å²) in [7, 11) is 1.51. The number of carboxylic acids is 1. The van der Waals surface area contributed by atoms with Gasteiger partial charge in [0.2, 0.25) is 0 Å². The lowest BCUT2D eigenvalue weighted by Gasteiger charge is -2.19. The fourth-order valence-electron chi connectivity index (χ4n) is 3.09. The Kier molecular flexibility index (Phi) is 7.02. The highest BCUT2D eigenvalue weighted by Crippen LogP contribution is 2.38. The highest BCUT2D eigenvalue weighted by Gasteiger charge is 2.37. The van der Waals surface area contributed by atoms with Crippen molar-refractivity contribution in [1.29, 1.82) is 0 Å². The van der Waals surface area contributed by atoms with Gasteiger partial charge in [0.1, 0.15) is 6.61 Å². The predicted octanol–water partition coefficient (Wildman–Crippen LogP) is 4.81. The van der Waals surface area contributed by atoms with E-state index >= 15 is 0 Å².